The molecule has 0 atom stereocenters. The fraction of sp³-hybridized carbons (Fsp3) is 0.462. The zero-order valence-electron chi connectivity index (χ0n) is 18.3. The highest BCUT2D eigenvalue weighted by Crippen LogP contribution is 2.08. The molecule has 0 unspecified atom stereocenters. The predicted molar refractivity (Wildman–Crippen MR) is 124 cm³/mol. The summed E-state index contributed by atoms with van der Waals surface area (Å²) >= 11 is 0. The SMILES string of the molecule is CCCCCCCCCCNCC(=O)c1ccc(CNC(=O)c2ccccc2)cc1. The van der Waals surface area contributed by atoms with Crippen molar-refractivity contribution in [3.63, 3.8) is 0 Å². The number of ketones is 1. The van der Waals surface area contributed by atoms with Crippen molar-refractivity contribution in [1.29, 1.82) is 0 Å². The summed E-state index contributed by atoms with van der Waals surface area (Å²) in [5.74, 6) is 0.00958. The van der Waals surface area contributed by atoms with Gasteiger partial charge < -0.3 is 10.6 Å². The summed E-state index contributed by atoms with van der Waals surface area (Å²) in [7, 11) is 0. The summed E-state index contributed by atoms with van der Waals surface area (Å²) in [6, 6.07) is 16.6. The molecule has 0 saturated carbocycles. The first-order chi connectivity index (χ1) is 14.7. The van der Waals surface area contributed by atoms with Crippen molar-refractivity contribution in [2.45, 2.75) is 64.8 Å². The van der Waals surface area contributed by atoms with Crippen LogP contribution in [0.15, 0.2) is 54.6 Å². The first-order valence-electron chi connectivity index (χ1n) is 11.4. The first kappa shape index (κ1) is 23.8. The largest absolute Gasteiger partial charge is 0.348 e. The molecule has 1 amide bonds. The maximum Gasteiger partial charge on any atom is 0.251 e. The van der Waals surface area contributed by atoms with E-state index >= 15 is 0 Å². The third kappa shape index (κ3) is 9.36. The summed E-state index contributed by atoms with van der Waals surface area (Å²) in [5, 5.41) is 6.16. The second kappa shape index (κ2) is 14.5. The second-order valence-electron chi connectivity index (χ2n) is 7.82. The molecule has 0 bridgehead atoms. The van der Waals surface area contributed by atoms with Crippen molar-refractivity contribution in [2.24, 2.45) is 0 Å². The number of nitrogens with one attached hydrogen (secondary N) is 2. The van der Waals surface area contributed by atoms with Crippen LogP contribution in [0.5, 0.6) is 0 Å². The smallest absolute Gasteiger partial charge is 0.251 e. The standard InChI is InChI=1S/C26H36N2O2/c1-2-3-4-5-6-7-8-12-19-27-21-25(29)23-17-15-22(16-18-23)20-28-26(30)24-13-10-9-11-14-24/h9-11,13-18,27H,2-8,12,19-21H2,1H3,(H,28,30). The summed E-state index contributed by atoms with van der Waals surface area (Å²) in [4.78, 5) is 24.4. The van der Waals surface area contributed by atoms with Gasteiger partial charge >= 0.3 is 0 Å². The predicted octanol–water partition coefficient (Wildman–Crippen LogP) is 5.53. The van der Waals surface area contributed by atoms with Gasteiger partial charge in [-0.25, -0.2) is 0 Å². The van der Waals surface area contributed by atoms with Crippen LogP contribution in [0.4, 0.5) is 0 Å². The van der Waals surface area contributed by atoms with Crippen molar-refractivity contribution in [3.05, 3.63) is 71.3 Å². The molecule has 0 spiro atoms. The Bertz CT molecular complexity index is 741. The molecule has 0 fully saturated rings. The van der Waals surface area contributed by atoms with Crippen molar-refractivity contribution >= 4 is 11.7 Å². The van der Waals surface area contributed by atoms with Crippen LogP contribution in [0.25, 0.3) is 0 Å². The number of amides is 1. The van der Waals surface area contributed by atoms with Gasteiger partial charge in [-0.1, -0.05) is 94.3 Å². The zero-order valence-corrected chi connectivity index (χ0v) is 18.3. The van der Waals surface area contributed by atoms with Gasteiger partial charge in [-0.05, 0) is 30.7 Å². The molecule has 30 heavy (non-hydrogen) atoms. The maximum atomic E-state index is 12.3. The number of hydrogen-bond donors (Lipinski definition) is 2. The molecule has 0 aliphatic heterocycles. The van der Waals surface area contributed by atoms with Crippen molar-refractivity contribution in [3.8, 4) is 0 Å². The van der Waals surface area contributed by atoms with Crippen LogP contribution in [0.2, 0.25) is 0 Å². The summed E-state index contributed by atoms with van der Waals surface area (Å²) < 4.78 is 0. The van der Waals surface area contributed by atoms with Crippen LogP contribution in [-0.4, -0.2) is 24.8 Å². The second-order valence-corrected chi connectivity index (χ2v) is 7.82. The van der Waals surface area contributed by atoms with Crippen molar-refractivity contribution in [2.75, 3.05) is 13.1 Å². The van der Waals surface area contributed by atoms with Gasteiger partial charge in [-0.3, -0.25) is 9.59 Å². The van der Waals surface area contributed by atoms with Crippen molar-refractivity contribution < 1.29 is 9.59 Å². The lowest BCUT2D eigenvalue weighted by atomic mass is 10.1. The Hall–Kier alpha value is -2.46. The number of hydrogen-bond acceptors (Lipinski definition) is 3. The van der Waals surface area contributed by atoms with Gasteiger partial charge in [0.25, 0.3) is 5.91 Å². The molecule has 0 saturated heterocycles. The molecule has 4 heteroatoms. The Kier molecular flexibility index (Phi) is 11.5. The van der Waals surface area contributed by atoms with E-state index in [1.165, 1.54) is 44.9 Å². The van der Waals surface area contributed by atoms with Crippen molar-refractivity contribution in [1.82, 2.24) is 10.6 Å². The van der Waals surface area contributed by atoms with E-state index in [9.17, 15) is 9.59 Å². The molecule has 0 aromatic heterocycles. The molecule has 2 rings (SSSR count). The molecule has 4 nitrogen and oxygen atoms in total. The average Bonchev–Trinajstić information content (AvgIpc) is 2.79. The minimum absolute atomic E-state index is 0.0964. The molecule has 0 aliphatic carbocycles. The molecule has 0 heterocycles. The number of unbranched alkanes of at least 4 members (excludes halogenated alkanes) is 7. The molecule has 0 radical (unpaired) electrons. The van der Waals surface area contributed by atoms with E-state index in [0.717, 1.165) is 18.5 Å². The lowest BCUT2D eigenvalue weighted by molar-refractivity contribution is 0.0949. The zero-order chi connectivity index (χ0) is 21.4. The third-order valence-electron chi connectivity index (χ3n) is 5.26. The molecule has 0 aliphatic rings. The number of rotatable bonds is 15. The summed E-state index contributed by atoms with van der Waals surface area (Å²) in [6.07, 6.45) is 10.3. The van der Waals surface area contributed by atoms with Gasteiger partial charge in [0.15, 0.2) is 5.78 Å². The number of benzene rings is 2. The number of carbonyl (C=O) groups is 2. The van der Waals surface area contributed by atoms with E-state index < -0.39 is 0 Å². The van der Waals surface area contributed by atoms with Crippen LogP contribution >= 0.6 is 0 Å². The van der Waals surface area contributed by atoms with Crippen LogP contribution < -0.4 is 10.6 Å². The van der Waals surface area contributed by atoms with Gasteiger partial charge in [-0.2, -0.15) is 0 Å². The Labute approximate surface area is 181 Å². The van der Waals surface area contributed by atoms with Gasteiger partial charge in [0.05, 0.1) is 6.54 Å². The highest BCUT2D eigenvalue weighted by atomic mass is 16.1. The van der Waals surface area contributed by atoms with E-state index in [4.69, 9.17) is 0 Å². The summed E-state index contributed by atoms with van der Waals surface area (Å²) in [5.41, 5.74) is 2.33. The monoisotopic (exact) mass is 408 g/mol. The average molecular weight is 409 g/mol. The normalized spacial score (nSPS) is 10.7. The minimum Gasteiger partial charge on any atom is -0.348 e. The van der Waals surface area contributed by atoms with Crippen LogP contribution in [0, 0.1) is 0 Å². The molecular formula is C26H36N2O2. The van der Waals surface area contributed by atoms with Crippen LogP contribution in [-0.2, 0) is 6.54 Å². The van der Waals surface area contributed by atoms with E-state index in [1.54, 1.807) is 12.1 Å². The molecule has 2 N–H and O–H groups in total. The number of carbonyl (C=O) groups excluding carboxylic acids is 2. The van der Waals surface area contributed by atoms with Gasteiger partial charge in [-0.15, -0.1) is 0 Å². The Morgan fingerprint density at radius 2 is 1.37 bits per heavy atom. The number of Topliss-reactive ketones (excluding diaryl/α,β-unsaturated/α-hetero) is 1. The lowest BCUT2D eigenvalue weighted by Gasteiger charge is -2.07. The van der Waals surface area contributed by atoms with E-state index in [1.807, 2.05) is 42.5 Å². The molecule has 2 aromatic rings. The van der Waals surface area contributed by atoms with Crippen LogP contribution in [0.3, 0.4) is 0 Å². The quantitative estimate of drug-likeness (QED) is 0.301. The topological polar surface area (TPSA) is 58.2 Å². The van der Waals surface area contributed by atoms with Gasteiger partial charge in [0, 0.05) is 17.7 Å². The van der Waals surface area contributed by atoms with E-state index in [0.29, 0.717) is 24.2 Å². The fourth-order valence-corrected chi connectivity index (χ4v) is 3.37. The summed E-state index contributed by atoms with van der Waals surface area (Å²) in [6.45, 7) is 3.96. The highest BCUT2D eigenvalue weighted by molar-refractivity contribution is 5.97. The van der Waals surface area contributed by atoms with Crippen LogP contribution in [0.1, 0.15) is 84.6 Å². The molecule has 2 aromatic carbocycles. The first-order valence-corrected chi connectivity index (χ1v) is 11.4. The van der Waals surface area contributed by atoms with Gasteiger partial charge in [0.1, 0.15) is 0 Å². The van der Waals surface area contributed by atoms with E-state index in [2.05, 4.69) is 17.6 Å². The lowest BCUT2D eigenvalue weighted by Crippen LogP contribution is -2.24. The fourth-order valence-electron chi connectivity index (χ4n) is 3.37. The third-order valence-corrected chi connectivity index (χ3v) is 5.26. The minimum atomic E-state index is -0.0964. The van der Waals surface area contributed by atoms with E-state index in [-0.39, 0.29) is 11.7 Å². The highest BCUT2D eigenvalue weighted by Gasteiger charge is 2.07. The molecule has 162 valence electrons. The Balaban J connectivity index is 1.59. The Morgan fingerprint density at radius 1 is 0.733 bits per heavy atom. The molecular weight excluding hydrogens is 372 g/mol. The maximum absolute atomic E-state index is 12.3. The van der Waals surface area contributed by atoms with Gasteiger partial charge in [0.2, 0.25) is 0 Å². The Morgan fingerprint density at radius 3 is 2.03 bits per heavy atom.